The molecule has 1 fully saturated rings. The van der Waals surface area contributed by atoms with Crippen LogP contribution in [0.1, 0.15) is 23.5 Å². The van der Waals surface area contributed by atoms with E-state index in [0.717, 1.165) is 13.1 Å². The fraction of sp³-hybridized carbons (Fsp3) is 0.294. The van der Waals surface area contributed by atoms with Gasteiger partial charge in [-0.25, -0.2) is 0 Å². The zero-order valence-electron chi connectivity index (χ0n) is 11.6. The molecule has 2 N–H and O–H groups in total. The number of nitrogen functional groups attached to an aromatic ring is 1. The van der Waals surface area contributed by atoms with Crippen molar-refractivity contribution in [2.75, 3.05) is 23.7 Å². The first-order valence-corrected chi connectivity index (χ1v) is 7.38. The normalized spacial score (nSPS) is 18.5. The summed E-state index contributed by atoms with van der Waals surface area (Å²) in [5, 5.41) is 0.647. The molecule has 104 valence electrons. The number of nitrogens with two attached hydrogens (primary N) is 1. The van der Waals surface area contributed by atoms with Gasteiger partial charge in [-0.05, 0) is 36.6 Å². The van der Waals surface area contributed by atoms with Crippen molar-refractivity contribution in [1.29, 1.82) is 0 Å². The molecule has 20 heavy (non-hydrogen) atoms. The lowest BCUT2D eigenvalue weighted by Gasteiger charge is -2.22. The van der Waals surface area contributed by atoms with Gasteiger partial charge >= 0.3 is 0 Å². The third-order valence-corrected chi connectivity index (χ3v) is 4.44. The largest absolute Gasteiger partial charge is 0.398 e. The molecule has 0 aromatic heterocycles. The van der Waals surface area contributed by atoms with Gasteiger partial charge in [0.2, 0.25) is 0 Å². The van der Waals surface area contributed by atoms with Crippen LogP contribution in [-0.4, -0.2) is 13.1 Å². The number of benzene rings is 2. The van der Waals surface area contributed by atoms with E-state index in [-0.39, 0.29) is 0 Å². The van der Waals surface area contributed by atoms with E-state index in [2.05, 4.69) is 42.2 Å². The summed E-state index contributed by atoms with van der Waals surface area (Å²) in [6.07, 6.45) is 1.19. The van der Waals surface area contributed by atoms with Gasteiger partial charge in [0.1, 0.15) is 0 Å². The lowest BCUT2D eigenvalue weighted by Crippen LogP contribution is -2.20. The van der Waals surface area contributed by atoms with Crippen LogP contribution in [0.4, 0.5) is 11.4 Å². The molecule has 3 heteroatoms. The fourth-order valence-electron chi connectivity index (χ4n) is 3.01. The van der Waals surface area contributed by atoms with Crippen LogP contribution in [-0.2, 0) is 0 Å². The van der Waals surface area contributed by atoms with Crippen LogP contribution < -0.4 is 10.6 Å². The second-order valence-corrected chi connectivity index (χ2v) is 5.91. The predicted octanol–water partition coefficient (Wildman–Crippen LogP) is 4.22. The number of anilines is 2. The summed E-state index contributed by atoms with van der Waals surface area (Å²) in [6, 6.07) is 14.7. The van der Waals surface area contributed by atoms with Crippen LogP contribution in [0.25, 0.3) is 0 Å². The summed E-state index contributed by atoms with van der Waals surface area (Å²) in [5.41, 5.74) is 10.3. The molecule has 0 saturated carbocycles. The lowest BCUT2D eigenvalue weighted by molar-refractivity contribution is 0.775. The van der Waals surface area contributed by atoms with E-state index in [1.807, 2.05) is 12.1 Å². The highest BCUT2D eigenvalue weighted by molar-refractivity contribution is 6.33. The topological polar surface area (TPSA) is 29.3 Å². The first-order valence-electron chi connectivity index (χ1n) is 7.00. The monoisotopic (exact) mass is 286 g/mol. The molecule has 0 aliphatic carbocycles. The van der Waals surface area contributed by atoms with Crippen LogP contribution in [0.5, 0.6) is 0 Å². The summed E-state index contributed by atoms with van der Waals surface area (Å²) < 4.78 is 0. The van der Waals surface area contributed by atoms with Gasteiger partial charge in [0.05, 0.1) is 10.7 Å². The third kappa shape index (κ3) is 2.48. The van der Waals surface area contributed by atoms with E-state index in [4.69, 9.17) is 17.3 Å². The van der Waals surface area contributed by atoms with Gasteiger partial charge in [0.25, 0.3) is 0 Å². The molecular weight excluding hydrogens is 268 g/mol. The minimum Gasteiger partial charge on any atom is -0.398 e. The van der Waals surface area contributed by atoms with Crippen LogP contribution in [0.3, 0.4) is 0 Å². The molecule has 1 atom stereocenters. The number of halogens is 1. The van der Waals surface area contributed by atoms with Crippen molar-refractivity contribution < 1.29 is 0 Å². The summed E-state index contributed by atoms with van der Waals surface area (Å²) in [4.78, 5) is 2.42. The highest BCUT2D eigenvalue weighted by Crippen LogP contribution is 2.35. The molecule has 0 bridgehead atoms. The summed E-state index contributed by atoms with van der Waals surface area (Å²) in [7, 11) is 0. The Labute approximate surface area is 125 Å². The maximum Gasteiger partial charge on any atom is 0.0656 e. The van der Waals surface area contributed by atoms with Crippen molar-refractivity contribution in [2.45, 2.75) is 19.3 Å². The van der Waals surface area contributed by atoms with Gasteiger partial charge in [0.15, 0.2) is 0 Å². The summed E-state index contributed by atoms with van der Waals surface area (Å²) in [6.45, 7) is 4.21. The van der Waals surface area contributed by atoms with Crippen molar-refractivity contribution >= 4 is 23.0 Å². The van der Waals surface area contributed by atoms with Gasteiger partial charge in [0, 0.05) is 24.7 Å². The highest BCUT2D eigenvalue weighted by Gasteiger charge is 2.25. The molecule has 1 aliphatic heterocycles. The molecule has 2 nitrogen and oxygen atoms in total. The number of nitrogens with zero attached hydrogens (tertiary/aromatic N) is 1. The van der Waals surface area contributed by atoms with Crippen LogP contribution in [0.15, 0.2) is 42.5 Å². The Morgan fingerprint density at radius 1 is 1.20 bits per heavy atom. The highest BCUT2D eigenvalue weighted by atomic mass is 35.5. The molecule has 0 spiro atoms. The Morgan fingerprint density at radius 3 is 2.70 bits per heavy atom. The zero-order chi connectivity index (χ0) is 14.1. The van der Waals surface area contributed by atoms with Gasteiger partial charge in [-0.2, -0.15) is 0 Å². The van der Waals surface area contributed by atoms with Crippen molar-refractivity contribution in [3.8, 4) is 0 Å². The molecule has 2 aromatic rings. The van der Waals surface area contributed by atoms with Gasteiger partial charge in [-0.3, -0.25) is 0 Å². The Morgan fingerprint density at radius 2 is 1.95 bits per heavy atom. The minimum absolute atomic E-state index is 0.604. The van der Waals surface area contributed by atoms with E-state index in [1.54, 1.807) is 0 Å². The van der Waals surface area contributed by atoms with Crippen LogP contribution >= 0.6 is 11.6 Å². The van der Waals surface area contributed by atoms with Gasteiger partial charge in [-0.1, -0.05) is 41.9 Å². The maximum atomic E-state index is 6.17. The molecule has 2 aromatic carbocycles. The molecule has 3 rings (SSSR count). The zero-order valence-corrected chi connectivity index (χ0v) is 12.4. The molecular formula is C17H19ClN2. The quantitative estimate of drug-likeness (QED) is 0.837. The minimum atomic E-state index is 0.604. The molecule has 1 unspecified atom stereocenters. The average Bonchev–Trinajstić information content (AvgIpc) is 2.93. The van der Waals surface area contributed by atoms with Crippen LogP contribution in [0, 0.1) is 6.92 Å². The lowest BCUT2D eigenvalue weighted by atomic mass is 9.99. The van der Waals surface area contributed by atoms with E-state index in [1.165, 1.54) is 23.2 Å². The van der Waals surface area contributed by atoms with E-state index in [9.17, 15) is 0 Å². The third-order valence-electron chi connectivity index (χ3n) is 4.12. The molecule has 0 amide bonds. The van der Waals surface area contributed by atoms with Gasteiger partial charge < -0.3 is 10.6 Å². The number of hydrogen-bond donors (Lipinski definition) is 1. The van der Waals surface area contributed by atoms with E-state index < -0.39 is 0 Å². The number of hydrogen-bond acceptors (Lipinski definition) is 2. The number of rotatable bonds is 2. The van der Waals surface area contributed by atoms with Gasteiger partial charge in [-0.15, -0.1) is 0 Å². The Balaban J connectivity index is 1.82. The smallest absolute Gasteiger partial charge is 0.0656 e. The first-order chi connectivity index (χ1) is 9.65. The number of aryl methyl sites for hydroxylation is 1. The Hall–Kier alpha value is -1.67. The van der Waals surface area contributed by atoms with E-state index in [0.29, 0.717) is 16.6 Å². The molecule has 0 radical (unpaired) electrons. The standard InChI is InChI=1S/C17H19ClN2/c1-12-9-16(19)15(18)10-17(12)20-8-7-14(11-20)13-5-3-2-4-6-13/h2-6,9-10,14H,7-8,11,19H2,1H3. The SMILES string of the molecule is Cc1cc(N)c(Cl)cc1N1CCC(c2ccccc2)C1. The van der Waals surface area contributed by atoms with Crippen molar-refractivity contribution in [1.82, 2.24) is 0 Å². The predicted molar refractivity (Wildman–Crippen MR) is 86.6 cm³/mol. The fourth-order valence-corrected chi connectivity index (χ4v) is 3.17. The Bertz CT molecular complexity index is 610. The summed E-state index contributed by atoms with van der Waals surface area (Å²) in [5.74, 6) is 0.604. The molecule has 1 aliphatic rings. The van der Waals surface area contributed by atoms with E-state index >= 15 is 0 Å². The van der Waals surface area contributed by atoms with Crippen LogP contribution in [0.2, 0.25) is 5.02 Å². The second-order valence-electron chi connectivity index (χ2n) is 5.50. The first kappa shape index (κ1) is 13.3. The Kier molecular flexibility index (Phi) is 3.58. The van der Waals surface area contributed by atoms with Crippen molar-refractivity contribution in [3.05, 3.63) is 58.6 Å². The molecule has 1 heterocycles. The van der Waals surface area contributed by atoms with Crippen molar-refractivity contribution in [3.63, 3.8) is 0 Å². The maximum absolute atomic E-state index is 6.17. The summed E-state index contributed by atoms with van der Waals surface area (Å²) >= 11 is 6.17. The van der Waals surface area contributed by atoms with Crippen molar-refractivity contribution in [2.24, 2.45) is 0 Å². The second kappa shape index (κ2) is 5.37. The average molecular weight is 287 g/mol. The molecule has 1 saturated heterocycles.